The van der Waals surface area contributed by atoms with Gasteiger partial charge in [0.2, 0.25) is 0 Å². The fourth-order valence-corrected chi connectivity index (χ4v) is 2.23. The van der Waals surface area contributed by atoms with Crippen LogP contribution < -0.4 is 14.8 Å². The first-order chi connectivity index (χ1) is 12.6. The molecule has 2 aromatic carbocycles. The Hall–Kier alpha value is -2.93. The molecule has 2 aromatic rings. The van der Waals surface area contributed by atoms with Gasteiger partial charge in [-0.1, -0.05) is 43.9 Å². The van der Waals surface area contributed by atoms with Crippen LogP contribution in [0.5, 0.6) is 11.5 Å². The first-order valence-corrected chi connectivity index (χ1v) is 8.73. The molecule has 0 saturated heterocycles. The van der Waals surface area contributed by atoms with E-state index < -0.39 is 0 Å². The molecule has 2 rings (SSSR count). The van der Waals surface area contributed by atoms with Crippen molar-refractivity contribution >= 4 is 5.91 Å². The Morgan fingerprint density at radius 3 is 2.58 bits per heavy atom. The molecule has 0 aliphatic rings. The second-order valence-electron chi connectivity index (χ2n) is 6.25. The van der Waals surface area contributed by atoms with E-state index >= 15 is 0 Å². The van der Waals surface area contributed by atoms with Gasteiger partial charge in [0.05, 0.1) is 20.3 Å². The highest BCUT2D eigenvalue weighted by Gasteiger charge is 2.11. The van der Waals surface area contributed by atoms with Crippen LogP contribution in [0.4, 0.5) is 0 Å². The first-order valence-electron chi connectivity index (χ1n) is 8.73. The van der Waals surface area contributed by atoms with Crippen LogP contribution in [0.2, 0.25) is 0 Å². The van der Waals surface area contributed by atoms with E-state index in [9.17, 15) is 4.79 Å². The van der Waals surface area contributed by atoms with Crippen molar-refractivity contribution in [2.45, 2.75) is 20.3 Å². The van der Waals surface area contributed by atoms with Crippen LogP contribution in [0.15, 0.2) is 48.5 Å². The Bertz CT molecular complexity index is 773. The number of carbonyl (C=O) groups excluding carboxylic acids is 1. The number of benzene rings is 2. The van der Waals surface area contributed by atoms with Crippen LogP contribution in [0.25, 0.3) is 0 Å². The Morgan fingerprint density at radius 2 is 1.88 bits per heavy atom. The van der Waals surface area contributed by atoms with Crippen molar-refractivity contribution in [3.8, 4) is 23.3 Å². The lowest BCUT2D eigenvalue weighted by Gasteiger charge is -2.13. The summed E-state index contributed by atoms with van der Waals surface area (Å²) in [6, 6.07) is 14.8. The molecular formula is C22H25NO3. The summed E-state index contributed by atoms with van der Waals surface area (Å²) in [5.41, 5.74) is 1.44. The van der Waals surface area contributed by atoms with E-state index in [1.54, 1.807) is 25.3 Å². The lowest BCUT2D eigenvalue weighted by atomic mass is 10.1. The van der Waals surface area contributed by atoms with Gasteiger partial charge in [-0.3, -0.25) is 4.79 Å². The van der Waals surface area contributed by atoms with Gasteiger partial charge in [-0.25, -0.2) is 0 Å². The van der Waals surface area contributed by atoms with Crippen LogP contribution >= 0.6 is 0 Å². The van der Waals surface area contributed by atoms with E-state index in [1.807, 2.05) is 30.3 Å². The van der Waals surface area contributed by atoms with Gasteiger partial charge in [0.25, 0.3) is 5.91 Å². The van der Waals surface area contributed by atoms with Gasteiger partial charge in [-0.15, -0.1) is 0 Å². The van der Waals surface area contributed by atoms with E-state index in [2.05, 4.69) is 31.0 Å². The topological polar surface area (TPSA) is 47.6 Å². The van der Waals surface area contributed by atoms with Crippen molar-refractivity contribution in [1.82, 2.24) is 5.32 Å². The van der Waals surface area contributed by atoms with Crippen molar-refractivity contribution < 1.29 is 14.3 Å². The normalized spacial score (nSPS) is 10.0. The standard InChI is InChI=1S/C22H25NO3/c1-17(2)13-15-26-20-12-11-19(16-21(20)25-3)22(24)23-14-7-10-18-8-5-4-6-9-18/h4-6,8-9,11-12,16-17H,13-15H2,1-3H3,(H,23,24). The van der Waals surface area contributed by atoms with Gasteiger partial charge >= 0.3 is 0 Å². The van der Waals surface area contributed by atoms with Gasteiger partial charge in [0.15, 0.2) is 11.5 Å². The third kappa shape index (κ3) is 6.18. The van der Waals surface area contributed by atoms with Gasteiger partial charge < -0.3 is 14.8 Å². The zero-order chi connectivity index (χ0) is 18.8. The summed E-state index contributed by atoms with van der Waals surface area (Å²) in [5, 5.41) is 2.79. The first kappa shape index (κ1) is 19.4. The molecule has 0 spiro atoms. The molecule has 0 saturated carbocycles. The van der Waals surface area contributed by atoms with Crippen molar-refractivity contribution in [2.24, 2.45) is 5.92 Å². The maximum Gasteiger partial charge on any atom is 0.252 e. The molecule has 0 radical (unpaired) electrons. The molecule has 0 atom stereocenters. The second kappa shape index (κ2) is 10.1. The number of hydrogen-bond acceptors (Lipinski definition) is 3. The average Bonchev–Trinajstić information content (AvgIpc) is 2.65. The molecule has 0 aliphatic heterocycles. The summed E-state index contributed by atoms with van der Waals surface area (Å²) in [7, 11) is 1.57. The number of hydrogen-bond donors (Lipinski definition) is 1. The third-order valence-corrected chi connectivity index (χ3v) is 3.72. The number of rotatable bonds is 7. The Labute approximate surface area is 155 Å². The molecule has 0 aromatic heterocycles. The molecule has 0 fully saturated rings. The lowest BCUT2D eigenvalue weighted by Crippen LogP contribution is -2.23. The molecule has 136 valence electrons. The van der Waals surface area contributed by atoms with Crippen LogP contribution in [-0.2, 0) is 0 Å². The van der Waals surface area contributed by atoms with Crippen molar-refractivity contribution in [3.05, 3.63) is 59.7 Å². The summed E-state index contributed by atoms with van der Waals surface area (Å²) in [6.45, 7) is 5.20. The van der Waals surface area contributed by atoms with Gasteiger partial charge in [0, 0.05) is 11.1 Å². The minimum atomic E-state index is -0.195. The van der Waals surface area contributed by atoms with E-state index in [-0.39, 0.29) is 12.5 Å². The van der Waals surface area contributed by atoms with Crippen LogP contribution in [0.3, 0.4) is 0 Å². The average molecular weight is 351 g/mol. The maximum atomic E-state index is 12.3. The number of amides is 1. The minimum absolute atomic E-state index is 0.195. The number of nitrogens with one attached hydrogen (secondary N) is 1. The summed E-state index contributed by atoms with van der Waals surface area (Å²) in [6.07, 6.45) is 0.964. The summed E-state index contributed by atoms with van der Waals surface area (Å²) in [4.78, 5) is 12.3. The molecule has 0 heterocycles. The van der Waals surface area contributed by atoms with Crippen molar-refractivity contribution in [2.75, 3.05) is 20.3 Å². The maximum absolute atomic E-state index is 12.3. The molecule has 26 heavy (non-hydrogen) atoms. The zero-order valence-corrected chi connectivity index (χ0v) is 15.5. The van der Waals surface area contributed by atoms with E-state index in [0.717, 1.165) is 12.0 Å². The molecule has 1 amide bonds. The van der Waals surface area contributed by atoms with Crippen molar-refractivity contribution in [1.29, 1.82) is 0 Å². The van der Waals surface area contributed by atoms with Crippen LogP contribution in [0.1, 0.15) is 36.2 Å². The fraction of sp³-hybridized carbons (Fsp3) is 0.318. The Kier molecular flexibility index (Phi) is 7.57. The Balaban J connectivity index is 1.93. The molecule has 4 nitrogen and oxygen atoms in total. The van der Waals surface area contributed by atoms with Gasteiger partial charge in [-0.2, -0.15) is 0 Å². The molecule has 0 unspecified atom stereocenters. The summed E-state index contributed by atoms with van der Waals surface area (Å²) < 4.78 is 11.1. The van der Waals surface area contributed by atoms with E-state index in [1.165, 1.54) is 0 Å². The largest absolute Gasteiger partial charge is 0.493 e. The molecule has 0 aliphatic carbocycles. The zero-order valence-electron chi connectivity index (χ0n) is 15.5. The summed E-state index contributed by atoms with van der Waals surface area (Å²) >= 11 is 0. The van der Waals surface area contributed by atoms with Crippen LogP contribution in [-0.4, -0.2) is 26.2 Å². The highest BCUT2D eigenvalue weighted by Crippen LogP contribution is 2.28. The second-order valence-corrected chi connectivity index (χ2v) is 6.25. The number of methoxy groups -OCH3 is 1. The Morgan fingerprint density at radius 1 is 1.12 bits per heavy atom. The molecule has 1 N–H and O–H groups in total. The SMILES string of the molecule is COc1cc(C(=O)NCC#Cc2ccccc2)ccc1OCCC(C)C. The fourth-order valence-electron chi connectivity index (χ4n) is 2.23. The van der Waals surface area contributed by atoms with Gasteiger partial charge in [-0.05, 0) is 42.7 Å². The quantitative estimate of drug-likeness (QED) is 0.770. The van der Waals surface area contributed by atoms with Crippen molar-refractivity contribution in [3.63, 3.8) is 0 Å². The van der Waals surface area contributed by atoms with E-state index in [4.69, 9.17) is 9.47 Å². The number of ether oxygens (including phenoxy) is 2. The summed E-state index contributed by atoms with van der Waals surface area (Å²) in [5.74, 6) is 7.53. The predicted molar refractivity (Wildman–Crippen MR) is 104 cm³/mol. The third-order valence-electron chi connectivity index (χ3n) is 3.72. The lowest BCUT2D eigenvalue weighted by molar-refractivity contribution is 0.0958. The monoisotopic (exact) mass is 351 g/mol. The van der Waals surface area contributed by atoms with E-state index in [0.29, 0.717) is 29.6 Å². The highest BCUT2D eigenvalue weighted by atomic mass is 16.5. The predicted octanol–water partition coefficient (Wildman–Crippen LogP) is 3.90. The smallest absolute Gasteiger partial charge is 0.252 e. The number of carbonyl (C=O) groups is 1. The minimum Gasteiger partial charge on any atom is -0.493 e. The molecular weight excluding hydrogens is 326 g/mol. The van der Waals surface area contributed by atoms with Gasteiger partial charge in [0.1, 0.15) is 0 Å². The highest BCUT2D eigenvalue weighted by molar-refractivity contribution is 5.95. The molecule has 4 heteroatoms. The molecule has 0 bridgehead atoms. The van der Waals surface area contributed by atoms with Crippen LogP contribution in [0, 0.1) is 17.8 Å².